The van der Waals surface area contributed by atoms with Gasteiger partial charge in [-0.05, 0) is 49.1 Å². The molecule has 0 aliphatic carbocycles. The number of piperidine rings is 1. The van der Waals surface area contributed by atoms with Gasteiger partial charge in [0.2, 0.25) is 0 Å². The Hall–Kier alpha value is -3.01. The number of nitrogens with zero attached hydrogens (tertiary/aromatic N) is 2. The second kappa shape index (κ2) is 8.34. The third kappa shape index (κ3) is 4.11. The average molecular weight is 372 g/mol. The number of aromatic nitrogens is 1. The van der Waals surface area contributed by atoms with Crippen molar-refractivity contribution in [3.63, 3.8) is 0 Å². The van der Waals surface area contributed by atoms with Gasteiger partial charge in [-0.2, -0.15) is 0 Å². The quantitative estimate of drug-likeness (QED) is 0.671. The topological polar surface area (TPSA) is 50.3 Å². The van der Waals surface area contributed by atoms with Gasteiger partial charge in [0, 0.05) is 42.6 Å². The highest BCUT2D eigenvalue weighted by molar-refractivity contribution is 5.98. The van der Waals surface area contributed by atoms with Gasteiger partial charge in [-0.3, -0.25) is 14.6 Å². The van der Waals surface area contributed by atoms with Crippen LogP contribution in [0.3, 0.4) is 0 Å². The standard InChI is InChI=1S/C24H24N2O2/c27-23(13-10-18-6-2-1-3-7-18)21-9-5-15-26(17-21)24(28)20-11-12-22-19(16-20)8-4-14-25-22/h1-4,6-8,11-12,14,16,21H,5,9-10,13,15,17H2. The van der Waals surface area contributed by atoms with E-state index < -0.39 is 0 Å². The molecule has 1 aliphatic rings. The predicted molar refractivity (Wildman–Crippen MR) is 110 cm³/mol. The summed E-state index contributed by atoms with van der Waals surface area (Å²) >= 11 is 0. The fourth-order valence-electron chi connectivity index (χ4n) is 3.93. The minimum atomic E-state index is -0.0523. The van der Waals surface area contributed by atoms with E-state index in [-0.39, 0.29) is 17.6 Å². The van der Waals surface area contributed by atoms with Crippen LogP contribution in [0.1, 0.15) is 35.2 Å². The molecule has 28 heavy (non-hydrogen) atoms. The van der Waals surface area contributed by atoms with E-state index in [0.717, 1.165) is 30.2 Å². The van der Waals surface area contributed by atoms with Gasteiger partial charge in [-0.25, -0.2) is 0 Å². The van der Waals surface area contributed by atoms with Crippen LogP contribution < -0.4 is 0 Å². The zero-order valence-electron chi connectivity index (χ0n) is 15.9. The first-order valence-electron chi connectivity index (χ1n) is 9.91. The third-order valence-corrected chi connectivity index (χ3v) is 5.52. The minimum Gasteiger partial charge on any atom is -0.338 e. The van der Waals surface area contributed by atoms with Crippen LogP contribution in [0.15, 0.2) is 66.9 Å². The Morgan fingerprint density at radius 2 is 1.89 bits per heavy atom. The number of likely N-dealkylation sites (tertiary alicyclic amines) is 1. The number of hydrogen-bond donors (Lipinski definition) is 0. The Labute approximate surface area is 165 Å². The first-order valence-corrected chi connectivity index (χ1v) is 9.91. The van der Waals surface area contributed by atoms with Crippen LogP contribution in [-0.2, 0) is 11.2 Å². The van der Waals surface area contributed by atoms with Crippen molar-refractivity contribution < 1.29 is 9.59 Å². The summed E-state index contributed by atoms with van der Waals surface area (Å²) in [6.45, 7) is 1.24. The summed E-state index contributed by atoms with van der Waals surface area (Å²) in [6.07, 6.45) is 4.81. The smallest absolute Gasteiger partial charge is 0.253 e. The Kier molecular flexibility index (Phi) is 5.47. The molecule has 0 bridgehead atoms. The average Bonchev–Trinajstić information content (AvgIpc) is 2.77. The van der Waals surface area contributed by atoms with E-state index in [1.54, 1.807) is 6.20 Å². The number of carbonyl (C=O) groups excluding carboxylic acids is 2. The molecule has 1 saturated heterocycles. The summed E-state index contributed by atoms with van der Waals surface area (Å²) in [4.78, 5) is 31.8. The molecule has 1 unspecified atom stereocenters. The largest absolute Gasteiger partial charge is 0.338 e. The highest BCUT2D eigenvalue weighted by Crippen LogP contribution is 2.22. The maximum absolute atomic E-state index is 13.0. The lowest BCUT2D eigenvalue weighted by Crippen LogP contribution is -2.42. The van der Waals surface area contributed by atoms with Crippen LogP contribution in [0.25, 0.3) is 10.9 Å². The van der Waals surface area contributed by atoms with Gasteiger partial charge in [0.25, 0.3) is 5.91 Å². The second-order valence-electron chi connectivity index (χ2n) is 7.45. The molecule has 4 rings (SSSR count). The first kappa shape index (κ1) is 18.4. The molecule has 1 atom stereocenters. The summed E-state index contributed by atoms with van der Waals surface area (Å²) in [6, 6.07) is 19.5. The van der Waals surface area contributed by atoms with Crippen LogP contribution in [0.5, 0.6) is 0 Å². The van der Waals surface area contributed by atoms with Gasteiger partial charge in [0.15, 0.2) is 0 Å². The molecule has 0 saturated carbocycles. The molecule has 142 valence electrons. The van der Waals surface area contributed by atoms with E-state index in [1.165, 1.54) is 5.56 Å². The lowest BCUT2D eigenvalue weighted by atomic mass is 9.90. The number of benzene rings is 2. The fourth-order valence-corrected chi connectivity index (χ4v) is 3.93. The summed E-state index contributed by atoms with van der Waals surface area (Å²) in [5.74, 6) is 0.221. The van der Waals surface area contributed by atoms with Gasteiger partial charge < -0.3 is 4.90 Å². The molecule has 1 aliphatic heterocycles. The SMILES string of the molecule is O=C(CCc1ccccc1)C1CCCN(C(=O)c2ccc3ncccc3c2)C1. The van der Waals surface area contributed by atoms with E-state index in [0.29, 0.717) is 25.1 Å². The number of carbonyl (C=O) groups is 2. The Morgan fingerprint density at radius 1 is 1.04 bits per heavy atom. The molecule has 1 fully saturated rings. The Balaban J connectivity index is 1.40. The van der Waals surface area contributed by atoms with E-state index in [4.69, 9.17) is 0 Å². The summed E-state index contributed by atoms with van der Waals surface area (Å²) < 4.78 is 0. The molecule has 3 aromatic rings. The molecule has 0 spiro atoms. The number of amides is 1. The first-order chi connectivity index (χ1) is 13.7. The van der Waals surface area contributed by atoms with E-state index in [9.17, 15) is 9.59 Å². The molecular weight excluding hydrogens is 348 g/mol. The van der Waals surface area contributed by atoms with Crippen LogP contribution >= 0.6 is 0 Å². The van der Waals surface area contributed by atoms with E-state index >= 15 is 0 Å². The van der Waals surface area contributed by atoms with Crippen LogP contribution in [0.4, 0.5) is 0 Å². The summed E-state index contributed by atoms with van der Waals surface area (Å²) in [5.41, 5.74) is 2.73. The van der Waals surface area contributed by atoms with Gasteiger partial charge >= 0.3 is 0 Å². The zero-order valence-corrected chi connectivity index (χ0v) is 15.9. The van der Waals surface area contributed by atoms with Crippen LogP contribution in [0, 0.1) is 5.92 Å². The highest BCUT2D eigenvalue weighted by Gasteiger charge is 2.28. The van der Waals surface area contributed by atoms with Crippen molar-refractivity contribution in [3.05, 3.63) is 78.0 Å². The van der Waals surface area contributed by atoms with Crippen molar-refractivity contribution in [3.8, 4) is 0 Å². The van der Waals surface area contributed by atoms with E-state index in [1.807, 2.05) is 53.4 Å². The molecule has 4 nitrogen and oxygen atoms in total. The molecule has 2 aromatic carbocycles. The van der Waals surface area contributed by atoms with Crippen molar-refractivity contribution in [1.29, 1.82) is 0 Å². The minimum absolute atomic E-state index is 0.00584. The van der Waals surface area contributed by atoms with E-state index in [2.05, 4.69) is 17.1 Å². The number of pyridine rings is 1. The van der Waals surface area contributed by atoms with Crippen LogP contribution in [0.2, 0.25) is 0 Å². The monoisotopic (exact) mass is 372 g/mol. The number of fused-ring (bicyclic) bond motifs is 1. The van der Waals surface area contributed by atoms with Crippen molar-refractivity contribution in [1.82, 2.24) is 9.88 Å². The molecule has 2 heterocycles. The van der Waals surface area contributed by atoms with Gasteiger partial charge in [-0.15, -0.1) is 0 Å². The number of aryl methyl sites for hydroxylation is 1. The molecule has 1 amide bonds. The molecule has 0 N–H and O–H groups in total. The van der Waals surface area contributed by atoms with Gasteiger partial charge in [-0.1, -0.05) is 36.4 Å². The van der Waals surface area contributed by atoms with Gasteiger partial charge in [0.1, 0.15) is 5.78 Å². The fraction of sp³-hybridized carbons (Fsp3) is 0.292. The third-order valence-electron chi connectivity index (χ3n) is 5.52. The van der Waals surface area contributed by atoms with Crippen molar-refractivity contribution in [2.75, 3.05) is 13.1 Å². The normalized spacial score (nSPS) is 16.9. The zero-order chi connectivity index (χ0) is 19.3. The lowest BCUT2D eigenvalue weighted by molar-refractivity contribution is -0.124. The number of rotatable bonds is 5. The van der Waals surface area contributed by atoms with Crippen molar-refractivity contribution >= 4 is 22.6 Å². The number of ketones is 1. The van der Waals surface area contributed by atoms with Crippen molar-refractivity contribution in [2.24, 2.45) is 5.92 Å². The number of Topliss-reactive ketones (excluding diaryl/α,β-unsaturated/α-hetero) is 1. The molecule has 4 heteroatoms. The van der Waals surface area contributed by atoms with Crippen LogP contribution in [-0.4, -0.2) is 34.7 Å². The molecular formula is C24H24N2O2. The predicted octanol–water partition coefficient (Wildman–Crippen LogP) is 4.29. The number of hydrogen-bond acceptors (Lipinski definition) is 3. The van der Waals surface area contributed by atoms with Gasteiger partial charge in [0.05, 0.1) is 5.52 Å². The highest BCUT2D eigenvalue weighted by atomic mass is 16.2. The summed E-state index contributed by atoms with van der Waals surface area (Å²) in [7, 11) is 0. The maximum Gasteiger partial charge on any atom is 0.253 e. The maximum atomic E-state index is 13.0. The Morgan fingerprint density at radius 3 is 2.75 bits per heavy atom. The second-order valence-corrected chi connectivity index (χ2v) is 7.45. The lowest BCUT2D eigenvalue weighted by Gasteiger charge is -2.32. The summed E-state index contributed by atoms with van der Waals surface area (Å²) in [5, 5.41) is 0.959. The molecule has 1 aromatic heterocycles. The van der Waals surface area contributed by atoms with Crippen molar-refractivity contribution in [2.45, 2.75) is 25.7 Å². The Bertz CT molecular complexity index is 984. The molecule has 0 radical (unpaired) electrons.